The van der Waals surface area contributed by atoms with Gasteiger partial charge in [-0.1, -0.05) is 35.3 Å². The molecule has 9 nitrogen and oxygen atoms in total. The van der Waals surface area contributed by atoms with Crippen molar-refractivity contribution in [3.8, 4) is 0 Å². The number of hydrogen-bond donors (Lipinski definition) is 3. The number of nitrogens with zero attached hydrogens (tertiary/aromatic N) is 1. The van der Waals surface area contributed by atoms with Crippen molar-refractivity contribution in [1.82, 2.24) is 10.9 Å². The molecule has 0 aliphatic carbocycles. The van der Waals surface area contributed by atoms with Gasteiger partial charge in [-0.05, 0) is 42.5 Å². The molecule has 3 rings (SSSR count). The van der Waals surface area contributed by atoms with Gasteiger partial charge in [-0.25, -0.2) is 0 Å². The fourth-order valence-electron chi connectivity index (χ4n) is 2.64. The van der Waals surface area contributed by atoms with E-state index in [0.717, 1.165) is 0 Å². The summed E-state index contributed by atoms with van der Waals surface area (Å²) < 4.78 is 0. The molecule has 0 spiro atoms. The maximum atomic E-state index is 12.6. The SMILES string of the molecule is O=C(NNC(=O)c1ccccc1NC(=O)c1ccc(Cl)cc1Cl)c1ccc([N+](=O)[O-])cc1. The largest absolute Gasteiger partial charge is 0.321 e. The molecule has 0 aliphatic heterocycles. The maximum Gasteiger partial charge on any atom is 0.271 e. The molecule has 0 fully saturated rings. The van der Waals surface area contributed by atoms with E-state index in [0.29, 0.717) is 5.02 Å². The van der Waals surface area contributed by atoms with Gasteiger partial charge < -0.3 is 5.32 Å². The number of rotatable bonds is 5. The fourth-order valence-corrected chi connectivity index (χ4v) is 3.14. The van der Waals surface area contributed by atoms with E-state index in [-0.39, 0.29) is 33.1 Å². The van der Waals surface area contributed by atoms with Gasteiger partial charge in [0.2, 0.25) is 0 Å². The van der Waals surface area contributed by atoms with Crippen LogP contribution in [-0.2, 0) is 0 Å². The molecule has 162 valence electrons. The lowest BCUT2D eigenvalue weighted by atomic mass is 10.1. The van der Waals surface area contributed by atoms with Gasteiger partial charge in [0.15, 0.2) is 0 Å². The number of carbonyl (C=O) groups is 3. The smallest absolute Gasteiger partial charge is 0.271 e. The number of hydrogen-bond acceptors (Lipinski definition) is 5. The lowest BCUT2D eigenvalue weighted by molar-refractivity contribution is -0.384. The minimum atomic E-state index is -0.696. The summed E-state index contributed by atoms with van der Waals surface area (Å²) >= 11 is 11.9. The molecule has 11 heteroatoms. The summed E-state index contributed by atoms with van der Waals surface area (Å²) in [6.07, 6.45) is 0. The number of halogens is 2. The third-order valence-corrected chi connectivity index (χ3v) is 4.77. The Labute approximate surface area is 191 Å². The van der Waals surface area contributed by atoms with Gasteiger partial charge in [-0.2, -0.15) is 0 Å². The van der Waals surface area contributed by atoms with Crippen LogP contribution in [0.2, 0.25) is 10.0 Å². The Morgan fingerprint density at radius 2 is 1.44 bits per heavy atom. The zero-order valence-electron chi connectivity index (χ0n) is 16.1. The third-order valence-electron chi connectivity index (χ3n) is 4.23. The number of anilines is 1. The van der Waals surface area contributed by atoms with Crippen LogP contribution in [0.5, 0.6) is 0 Å². The van der Waals surface area contributed by atoms with Crippen molar-refractivity contribution < 1.29 is 19.3 Å². The van der Waals surface area contributed by atoms with Crippen LogP contribution < -0.4 is 16.2 Å². The predicted octanol–water partition coefficient (Wildman–Crippen LogP) is 4.23. The quantitative estimate of drug-likeness (QED) is 0.377. The lowest BCUT2D eigenvalue weighted by Crippen LogP contribution is -2.41. The topological polar surface area (TPSA) is 130 Å². The van der Waals surface area contributed by atoms with Gasteiger partial charge >= 0.3 is 0 Å². The zero-order chi connectivity index (χ0) is 23.3. The van der Waals surface area contributed by atoms with E-state index in [2.05, 4.69) is 16.2 Å². The summed E-state index contributed by atoms with van der Waals surface area (Å²) in [5.41, 5.74) is 4.82. The summed E-state index contributed by atoms with van der Waals surface area (Å²) in [5.74, 6) is -1.93. The minimum Gasteiger partial charge on any atom is -0.321 e. The molecule has 3 aromatic rings. The first-order valence-corrected chi connectivity index (χ1v) is 9.72. The predicted molar refractivity (Wildman–Crippen MR) is 119 cm³/mol. The van der Waals surface area contributed by atoms with Gasteiger partial charge in [0.1, 0.15) is 0 Å². The Bertz CT molecular complexity index is 1220. The Kier molecular flexibility index (Phi) is 7.04. The molecule has 32 heavy (non-hydrogen) atoms. The first-order valence-electron chi connectivity index (χ1n) is 8.97. The second-order valence-electron chi connectivity index (χ2n) is 6.34. The van der Waals surface area contributed by atoms with Gasteiger partial charge in [0, 0.05) is 22.7 Å². The normalized spacial score (nSPS) is 10.2. The first kappa shape index (κ1) is 22.7. The van der Waals surface area contributed by atoms with Crippen LogP contribution in [0, 0.1) is 10.1 Å². The van der Waals surface area contributed by atoms with E-state index in [1.165, 1.54) is 54.6 Å². The first-order chi connectivity index (χ1) is 15.3. The van der Waals surface area contributed by atoms with Crippen molar-refractivity contribution in [3.05, 3.63) is 104 Å². The molecule has 0 heterocycles. The van der Waals surface area contributed by atoms with Crippen LogP contribution in [0.25, 0.3) is 0 Å². The van der Waals surface area contributed by atoms with Crippen LogP contribution in [0.4, 0.5) is 11.4 Å². The molecule has 0 aromatic heterocycles. The third kappa shape index (κ3) is 5.39. The summed E-state index contributed by atoms with van der Waals surface area (Å²) in [4.78, 5) is 47.4. The molecule has 0 radical (unpaired) electrons. The number of non-ortho nitro benzene ring substituents is 1. The standard InChI is InChI=1S/C21H14Cl2N4O5/c22-13-7-10-15(17(23)11-13)20(29)24-18-4-2-1-3-16(18)21(30)26-25-19(28)12-5-8-14(9-6-12)27(31)32/h1-11H,(H,24,29)(H,25,28)(H,26,30). The lowest BCUT2D eigenvalue weighted by Gasteiger charge is -2.13. The van der Waals surface area contributed by atoms with Crippen molar-refractivity contribution in [2.75, 3.05) is 5.32 Å². The van der Waals surface area contributed by atoms with Crippen LogP contribution >= 0.6 is 23.2 Å². The summed E-state index contributed by atoms with van der Waals surface area (Å²) in [6, 6.07) is 15.4. The van der Waals surface area contributed by atoms with E-state index in [1.807, 2.05) is 0 Å². The number of nitrogens with one attached hydrogen (secondary N) is 3. The zero-order valence-corrected chi connectivity index (χ0v) is 17.6. The fraction of sp³-hybridized carbons (Fsp3) is 0. The summed E-state index contributed by atoms with van der Waals surface area (Å²) in [5, 5.41) is 13.8. The van der Waals surface area contributed by atoms with Crippen molar-refractivity contribution in [2.24, 2.45) is 0 Å². The number of para-hydroxylation sites is 1. The minimum absolute atomic E-state index is 0.0786. The molecular weight excluding hydrogens is 459 g/mol. The highest BCUT2D eigenvalue weighted by Gasteiger charge is 2.17. The molecule has 0 aliphatic rings. The number of benzene rings is 3. The molecule has 0 bridgehead atoms. The van der Waals surface area contributed by atoms with Gasteiger partial charge in [0.25, 0.3) is 23.4 Å². The van der Waals surface area contributed by atoms with Crippen LogP contribution in [-0.4, -0.2) is 22.6 Å². The van der Waals surface area contributed by atoms with Gasteiger partial charge in [-0.15, -0.1) is 0 Å². The van der Waals surface area contributed by atoms with Crippen molar-refractivity contribution in [3.63, 3.8) is 0 Å². The highest BCUT2D eigenvalue weighted by atomic mass is 35.5. The van der Waals surface area contributed by atoms with Crippen molar-refractivity contribution in [2.45, 2.75) is 0 Å². The molecule has 3 N–H and O–H groups in total. The van der Waals surface area contributed by atoms with E-state index >= 15 is 0 Å². The Hall–Kier alpha value is -3.95. The Balaban J connectivity index is 1.69. The number of nitro groups is 1. The van der Waals surface area contributed by atoms with Gasteiger partial charge in [-0.3, -0.25) is 35.3 Å². The van der Waals surface area contributed by atoms with E-state index in [1.54, 1.807) is 12.1 Å². The van der Waals surface area contributed by atoms with Crippen LogP contribution in [0.1, 0.15) is 31.1 Å². The number of carbonyl (C=O) groups excluding carboxylic acids is 3. The Morgan fingerprint density at radius 3 is 2.09 bits per heavy atom. The molecule has 0 unspecified atom stereocenters. The molecule has 3 aromatic carbocycles. The molecule has 0 atom stereocenters. The number of nitro benzene ring substituents is 1. The summed E-state index contributed by atoms with van der Waals surface area (Å²) in [7, 11) is 0. The van der Waals surface area contributed by atoms with Gasteiger partial charge in [0.05, 0.1) is 26.8 Å². The molecule has 0 saturated carbocycles. The average Bonchev–Trinajstić information content (AvgIpc) is 2.77. The second-order valence-corrected chi connectivity index (χ2v) is 7.18. The number of hydrazine groups is 1. The highest BCUT2D eigenvalue weighted by Crippen LogP contribution is 2.23. The molecule has 0 saturated heterocycles. The van der Waals surface area contributed by atoms with E-state index in [4.69, 9.17) is 23.2 Å². The van der Waals surface area contributed by atoms with E-state index in [9.17, 15) is 24.5 Å². The van der Waals surface area contributed by atoms with Crippen molar-refractivity contribution in [1.29, 1.82) is 0 Å². The van der Waals surface area contributed by atoms with Crippen LogP contribution in [0.3, 0.4) is 0 Å². The Morgan fingerprint density at radius 1 is 0.781 bits per heavy atom. The second kappa shape index (κ2) is 9.90. The number of amides is 3. The molecule has 3 amide bonds. The molecular formula is C21H14Cl2N4O5. The van der Waals surface area contributed by atoms with Crippen molar-refractivity contribution >= 4 is 52.3 Å². The monoisotopic (exact) mass is 472 g/mol. The maximum absolute atomic E-state index is 12.6. The summed E-state index contributed by atoms with van der Waals surface area (Å²) in [6.45, 7) is 0. The van der Waals surface area contributed by atoms with E-state index < -0.39 is 22.6 Å². The average molecular weight is 473 g/mol. The highest BCUT2D eigenvalue weighted by molar-refractivity contribution is 6.37. The van der Waals surface area contributed by atoms with Crippen LogP contribution in [0.15, 0.2) is 66.7 Å².